The highest BCUT2D eigenvalue weighted by molar-refractivity contribution is 5.80. The largest absolute Gasteiger partial charge is 0.490 e. The van der Waals surface area contributed by atoms with E-state index in [4.69, 9.17) is 14.6 Å². The van der Waals surface area contributed by atoms with Crippen LogP contribution in [0.25, 0.3) is 0 Å². The summed E-state index contributed by atoms with van der Waals surface area (Å²) in [6.45, 7) is 3.34. The first kappa shape index (κ1) is 28.9. The van der Waals surface area contributed by atoms with Crippen LogP contribution in [0, 0.1) is 17.8 Å². The van der Waals surface area contributed by atoms with Gasteiger partial charge in [0.2, 0.25) is 11.8 Å². The standard InChI is InChI=1S/C21H35N3O4.C2HF3O2/c1-28-19(25)14-15-8-12-24(13-9-15)21(27)17-2-4-18(5-3-17)23-20(26)16-6-10-22-11-7-16;3-2(4,5)1(6)7/h15-18,22H,2-14H2,1H3,(H,23,26);(H,6,7)/t17-,18-;. The molecule has 2 saturated heterocycles. The van der Waals surface area contributed by atoms with Crippen molar-refractivity contribution in [1.82, 2.24) is 15.5 Å². The second kappa shape index (κ2) is 13.6. The van der Waals surface area contributed by atoms with Crippen LogP contribution in [0.1, 0.15) is 57.8 Å². The maximum Gasteiger partial charge on any atom is 0.490 e. The predicted molar refractivity (Wildman–Crippen MR) is 119 cm³/mol. The molecule has 0 spiro atoms. The van der Waals surface area contributed by atoms with E-state index in [0.717, 1.165) is 77.5 Å². The summed E-state index contributed by atoms with van der Waals surface area (Å²) in [5.41, 5.74) is 0. The minimum atomic E-state index is -5.08. The number of carbonyl (C=O) groups excluding carboxylic acids is 3. The van der Waals surface area contributed by atoms with Gasteiger partial charge in [-0.15, -0.1) is 0 Å². The molecule has 0 atom stereocenters. The Morgan fingerprint density at radius 1 is 0.943 bits per heavy atom. The van der Waals surface area contributed by atoms with Crippen LogP contribution in [0.2, 0.25) is 0 Å². The maximum absolute atomic E-state index is 12.9. The Labute approximate surface area is 203 Å². The van der Waals surface area contributed by atoms with Crippen molar-refractivity contribution in [3.8, 4) is 0 Å². The molecule has 0 aromatic rings. The first-order valence-corrected chi connectivity index (χ1v) is 12.2. The van der Waals surface area contributed by atoms with Gasteiger partial charge in [0.25, 0.3) is 0 Å². The van der Waals surface area contributed by atoms with Crippen LogP contribution < -0.4 is 10.6 Å². The number of nitrogens with one attached hydrogen (secondary N) is 2. The number of carboxylic acids is 1. The van der Waals surface area contributed by atoms with Gasteiger partial charge in [-0.25, -0.2) is 4.79 Å². The number of alkyl halides is 3. The van der Waals surface area contributed by atoms with E-state index in [9.17, 15) is 27.6 Å². The van der Waals surface area contributed by atoms with Crippen molar-refractivity contribution in [3.05, 3.63) is 0 Å². The molecule has 12 heteroatoms. The van der Waals surface area contributed by atoms with Crippen LogP contribution in [0.15, 0.2) is 0 Å². The summed E-state index contributed by atoms with van der Waals surface area (Å²) < 4.78 is 36.5. The SMILES string of the molecule is COC(=O)CC1CCN(C(=O)[C@H]2CC[C@H](NC(=O)C3CCNCC3)CC2)CC1.O=C(O)C(F)(F)F. The fourth-order valence-electron chi connectivity index (χ4n) is 4.82. The number of aliphatic carboxylic acids is 1. The van der Waals surface area contributed by atoms with Crippen molar-refractivity contribution in [2.24, 2.45) is 17.8 Å². The molecule has 1 saturated carbocycles. The molecular weight excluding hydrogens is 471 g/mol. The summed E-state index contributed by atoms with van der Waals surface area (Å²) in [4.78, 5) is 47.6. The van der Waals surface area contributed by atoms with Crippen LogP contribution in [0.4, 0.5) is 13.2 Å². The van der Waals surface area contributed by atoms with E-state index in [-0.39, 0.29) is 35.7 Å². The molecule has 3 N–H and O–H groups in total. The lowest BCUT2D eigenvalue weighted by Gasteiger charge is -2.36. The molecular formula is C23H36F3N3O6. The van der Waals surface area contributed by atoms with Crippen molar-refractivity contribution in [2.45, 2.75) is 70.0 Å². The molecule has 2 aliphatic heterocycles. The Morgan fingerprint density at radius 2 is 1.49 bits per heavy atom. The Hall–Kier alpha value is -2.37. The molecule has 9 nitrogen and oxygen atoms in total. The van der Waals surface area contributed by atoms with Crippen molar-refractivity contribution in [3.63, 3.8) is 0 Å². The number of nitrogens with zero attached hydrogens (tertiary/aromatic N) is 1. The highest BCUT2D eigenvalue weighted by Crippen LogP contribution is 2.29. The first-order chi connectivity index (χ1) is 16.5. The molecule has 3 rings (SSSR count). The predicted octanol–water partition coefficient (Wildman–Crippen LogP) is 2.10. The zero-order valence-corrected chi connectivity index (χ0v) is 20.1. The average Bonchev–Trinajstić information content (AvgIpc) is 2.85. The van der Waals surface area contributed by atoms with Gasteiger partial charge in [0, 0.05) is 37.4 Å². The summed E-state index contributed by atoms with van der Waals surface area (Å²) in [7, 11) is 1.42. The van der Waals surface area contributed by atoms with Gasteiger partial charge in [0.1, 0.15) is 0 Å². The smallest absolute Gasteiger partial charge is 0.475 e. The monoisotopic (exact) mass is 507 g/mol. The molecule has 0 bridgehead atoms. The van der Waals surface area contributed by atoms with E-state index in [1.165, 1.54) is 7.11 Å². The van der Waals surface area contributed by atoms with E-state index < -0.39 is 12.1 Å². The van der Waals surface area contributed by atoms with Crippen LogP contribution in [0.5, 0.6) is 0 Å². The normalized spacial score (nSPS) is 24.1. The Morgan fingerprint density at radius 3 is 1.97 bits per heavy atom. The highest BCUT2D eigenvalue weighted by atomic mass is 19.4. The zero-order chi connectivity index (χ0) is 26.0. The number of halogens is 3. The van der Waals surface area contributed by atoms with Gasteiger partial charge in [-0.05, 0) is 70.4 Å². The molecule has 200 valence electrons. The number of likely N-dealkylation sites (tertiary alicyclic amines) is 1. The highest BCUT2D eigenvalue weighted by Gasteiger charge is 2.38. The number of rotatable bonds is 5. The lowest BCUT2D eigenvalue weighted by molar-refractivity contribution is -0.192. The molecule has 0 aromatic carbocycles. The molecule has 1 aliphatic carbocycles. The van der Waals surface area contributed by atoms with Crippen LogP contribution in [-0.4, -0.2) is 79.3 Å². The Balaban J connectivity index is 0.000000540. The van der Waals surface area contributed by atoms with E-state index in [1.54, 1.807) is 0 Å². The zero-order valence-electron chi connectivity index (χ0n) is 20.1. The van der Waals surface area contributed by atoms with Gasteiger partial charge in [-0.2, -0.15) is 13.2 Å². The molecule has 0 unspecified atom stereocenters. The minimum Gasteiger partial charge on any atom is -0.475 e. The number of hydrogen-bond acceptors (Lipinski definition) is 6. The maximum atomic E-state index is 12.9. The van der Waals surface area contributed by atoms with E-state index in [1.807, 2.05) is 4.90 Å². The second-order valence-electron chi connectivity index (χ2n) is 9.43. The number of carboxylic acid groups (broad SMARTS) is 1. The van der Waals surface area contributed by atoms with Gasteiger partial charge in [0.15, 0.2) is 0 Å². The number of hydrogen-bond donors (Lipinski definition) is 3. The number of carbonyl (C=O) groups is 4. The summed E-state index contributed by atoms with van der Waals surface area (Å²) in [6, 6.07) is 0.220. The topological polar surface area (TPSA) is 125 Å². The van der Waals surface area contributed by atoms with Gasteiger partial charge in [-0.1, -0.05) is 0 Å². The van der Waals surface area contributed by atoms with Gasteiger partial charge in [-0.3, -0.25) is 14.4 Å². The summed E-state index contributed by atoms with van der Waals surface area (Å²) in [5, 5.41) is 13.6. The summed E-state index contributed by atoms with van der Waals surface area (Å²) in [6.07, 6.45) is 2.48. The fraction of sp³-hybridized carbons (Fsp3) is 0.826. The van der Waals surface area contributed by atoms with E-state index in [2.05, 4.69) is 10.6 Å². The second-order valence-corrected chi connectivity index (χ2v) is 9.43. The van der Waals surface area contributed by atoms with Crippen LogP contribution in [-0.2, 0) is 23.9 Å². The summed E-state index contributed by atoms with van der Waals surface area (Å²) >= 11 is 0. The molecule has 35 heavy (non-hydrogen) atoms. The molecule has 3 fully saturated rings. The number of methoxy groups -OCH3 is 1. The molecule has 0 aromatic heterocycles. The Bertz CT molecular complexity index is 727. The van der Waals surface area contributed by atoms with Crippen molar-refractivity contribution < 1.29 is 42.2 Å². The third-order valence-electron chi connectivity index (χ3n) is 6.98. The molecule has 2 heterocycles. The third kappa shape index (κ3) is 9.65. The van der Waals surface area contributed by atoms with Crippen LogP contribution in [0.3, 0.4) is 0 Å². The van der Waals surface area contributed by atoms with Gasteiger partial charge in [0.05, 0.1) is 7.11 Å². The fourth-order valence-corrected chi connectivity index (χ4v) is 4.82. The number of piperidine rings is 2. The molecule has 3 aliphatic rings. The first-order valence-electron chi connectivity index (χ1n) is 12.2. The summed E-state index contributed by atoms with van der Waals surface area (Å²) in [5.74, 6) is -1.89. The van der Waals surface area contributed by atoms with Gasteiger partial charge >= 0.3 is 18.1 Å². The minimum absolute atomic E-state index is 0.0872. The van der Waals surface area contributed by atoms with Crippen molar-refractivity contribution in [2.75, 3.05) is 33.3 Å². The number of esters is 1. The number of amides is 2. The lowest BCUT2D eigenvalue weighted by atomic mass is 9.84. The van der Waals surface area contributed by atoms with Crippen molar-refractivity contribution >= 4 is 23.8 Å². The molecule has 0 radical (unpaired) electrons. The van der Waals surface area contributed by atoms with E-state index >= 15 is 0 Å². The van der Waals surface area contributed by atoms with Crippen LogP contribution >= 0.6 is 0 Å². The molecule has 2 amide bonds. The average molecular weight is 508 g/mol. The quantitative estimate of drug-likeness (QED) is 0.487. The lowest BCUT2D eigenvalue weighted by Crippen LogP contribution is -2.46. The van der Waals surface area contributed by atoms with Crippen molar-refractivity contribution in [1.29, 1.82) is 0 Å². The number of ether oxygens (including phenoxy) is 1. The van der Waals surface area contributed by atoms with Gasteiger partial charge < -0.3 is 25.4 Å². The third-order valence-corrected chi connectivity index (χ3v) is 6.98. The van der Waals surface area contributed by atoms with E-state index in [0.29, 0.717) is 12.3 Å². The Kier molecular flexibility index (Phi) is 11.3.